The van der Waals surface area contributed by atoms with E-state index in [0.717, 1.165) is 0 Å². The van der Waals surface area contributed by atoms with E-state index in [1.165, 1.54) is 12.3 Å². The monoisotopic (exact) mass is 373 g/mol. The van der Waals surface area contributed by atoms with E-state index in [4.69, 9.17) is 9.15 Å². The highest BCUT2D eigenvalue weighted by atomic mass is 16.6. The molecule has 27 heavy (non-hydrogen) atoms. The Kier molecular flexibility index (Phi) is 6.59. The third kappa shape index (κ3) is 7.23. The number of furan rings is 1. The highest BCUT2D eigenvalue weighted by molar-refractivity contribution is 5.98. The molecule has 1 heterocycles. The van der Waals surface area contributed by atoms with E-state index < -0.39 is 17.6 Å². The van der Waals surface area contributed by atoms with Gasteiger partial charge in [0, 0.05) is 11.3 Å². The maximum atomic E-state index is 12.2. The fraction of sp³-hybridized carbons (Fsp3) is 0.316. The number of anilines is 1. The maximum absolute atomic E-state index is 12.2. The number of rotatable bonds is 6. The van der Waals surface area contributed by atoms with Gasteiger partial charge in [-0.2, -0.15) is 0 Å². The van der Waals surface area contributed by atoms with Crippen molar-refractivity contribution in [2.75, 3.05) is 11.9 Å². The molecular formula is C19H23N3O5. The van der Waals surface area contributed by atoms with Crippen LogP contribution in [-0.2, 0) is 16.1 Å². The van der Waals surface area contributed by atoms with E-state index in [2.05, 4.69) is 16.0 Å². The molecule has 0 spiro atoms. The molecule has 0 unspecified atom stereocenters. The van der Waals surface area contributed by atoms with Gasteiger partial charge in [0.2, 0.25) is 5.91 Å². The summed E-state index contributed by atoms with van der Waals surface area (Å²) in [7, 11) is 0. The quantitative estimate of drug-likeness (QED) is 0.721. The lowest BCUT2D eigenvalue weighted by Gasteiger charge is -2.19. The van der Waals surface area contributed by atoms with Crippen molar-refractivity contribution in [2.45, 2.75) is 32.9 Å². The largest absolute Gasteiger partial charge is 0.467 e. The van der Waals surface area contributed by atoms with Gasteiger partial charge < -0.3 is 19.8 Å². The minimum absolute atomic E-state index is 0.177. The number of carbonyl (C=O) groups is 3. The van der Waals surface area contributed by atoms with Gasteiger partial charge >= 0.3 is 6.09 Å². The van der Waals surface area contributed by atoms with Crippen LogP contribution >= 0.6 is 0 Å². The van der Waals surface area contributed by atoms with Gasteiger partial charge in [0.15, 0.2) is 0 Å². The third-order valence-electron chi connectivity index (χ3n) is 3.22. The molecule has 2 aromatic rings. The normalized spacial score (nSPS) is 10.8. The molecule has 8 nitrogen and oxygen atoms in total. The Hall–Kier alpha value is -3.29. The van der Waals surface area contributed by atoms with Crippen LogP contribution < -0.4 is 16.0 Å². The second kappa shape index (κ2) is 8.88. The fourth-order valence-electron chi connectivity index (χ4n) is 2.08. The number of nitrogens with one attached hydrogen (secondary N) is 3. The van der Waals surface area contributed by atoms with E-state index in [1.54, 1.807) is 51.1 Å². The van der Waals surface area contributed by atoms with Crippen molar-refractivity contribution in [3.05, 3.63) is 54.0 Å². The molecule has 8 heteroatoms. The summed E-state index contributed by atoms with van der Waals surface area (Å²) in [6, 6.07) is 9.80. The summed E-state index contributed by atoms with van der Waals surface area (Å²) in [5.74, 6) is -0.158. The van der Waals surface area contributed by atoms with Crippen molar-refractivity contribution in [3.8, 4) is 0 Å². The number of carbonyl (C=O) groups excluding carboxylic acids is 3. The Morgan fingerprint density at radius 1 is 1.07 bits per heavy atom. The lowest BCUT2D eigenvalue weighted by Crippen LogP contribution is -2.36. The Balaban J connectivity index is 1.83. The van der Waals surface area contributed by atoms with Crippen LogP contribution in [0.2, 0.25) is 0 Å². The molecule has 0 fully saturated rings. The van der Waals surface area contributed by atoms with Gasteiger partial charge in [-0.1, -0.05) is 6.07 Å². The molecule has 0 saturated heterocycles. The van der Waals surface area contributed by atoms with Crippen molar-refractivity contribution >= 4 is 23.6 Å². The van der Waals surface area contributed by atoms with Crippen LogP contribution in [0.3, 0.4) is 0 Å². The van der Waals surface area contributed by atoms with Crippen LogP contribution in [0, 0.1) is 0 Å². The summed E-state index contributed by atoms with van der Waals surface area (Å²) in [6.07, 6.45) is 0.902. The van der Waals surface area contributed by atoms with Gasteiger partial charge in [0.05, 0.1) is 19.4 Å². The van der Waals surface area contributed by atoms with Crippen LogP contribution in [0.5, 0.6) is 0 Å². The van der Waals surface area contributed by atoms with Crippen LogP contribution in [0.4, 0.5) is 10.5 Å². The average molecular weight is 373 g/mol. The van der Waals surface area contributed by atoms with E-state index >= 15 is 0 Å². The molecule has 3 N–H and O–H groups in total. The minimum Gasteiger partial charge on any atom is -0.467 e. The molecule has 0 aliphatic rings. The third-order valence-corrected chi connectivity index (χ3v) is 3.22. The standard InChI is InChI=1S/C19H23N3O5/c1-19(2,3)27-18(25)22-14-7-4-6-13(10-14)17(24)21-12-16(23)20-11-15-8-5-9-26-15/h4-10H,11-12H2,1-3H3,(H,20,23)(H,21,24)(H,22,25). The second-order valence-electron chi connectivity index (χ2n) is 6.75. The fourth-order valence-corrected chi connectivity index (χ4v) is 2.08. The average Bonchev–Trinajstić information content (AvgIpc) is 3.09. The molecular weight excluding hydrogens is 350 g/mol. The van der Waals surface area contributed by atoms with Crippen molar-refractivity contribution in [2.24, 2.45) is 0 Å². The van der Waals surface area contributed by atoms with Crippen molar-refractivity contribution in [1.29, 1.82) is 0 Å². The topological polar surface area (TPSA) is 110 Å². The van der Waals surface area contributed by atoms with Crippen molar-refractivity contribution < 1.29 is 23.5 Å². The highest BCUT2D eigenvalue weighted by Crippen LogP contribution is 2.13. The number of ether oxygens (including phenoxy) is 1. The summed E-state index contributed by atoms with van der Waals surface area (Å²) in [5, 5.41) is 7.72. The van der Waals surface area contributed by atoms with Crippen LogP contribution in [0.15, 0.2) is 47.1 Å². The first-order valence-electron chi connectivity index (χ1n) is 8.40. The minimum atomic E-state index is -0.623. The molecule has 1 aromatic carbocycles. The predicted molar refractivity (Wildman–Crippen MR) is 99.2 cm³/mol. The Bertz CT molecular complexity index is 794. The predicted octanol–water partition coefficient (Wildman–Crippen LogP) is 2.67. The maximum Gasteiger partial charge on any atom is 0.412 e. The van der Waals surface area contributed by atoms with Gasteiger partial charge in [-0.05, 0) is 51.1 Å². The molecule has 0 saturated carbocycles. The van der Waals surface area contributed by atoms with Crippen LogP contribution in [-0.4, -0.2) is 30.1 Å². The molecule has 3 amide bonds. The van der Waals surface area contributed by atoms with Gasteiger partial charge in [-0.3, -0.25) is 14.9 Å². The first-order valence-corrected chi connectivity index (χ1v) is 8.40. The van der Waals surface area contributed by atoms with Crippen LogP contribution in [0.25, 0.3) is 0 Å². The molecule has 1 aromatic heterocycles. The summed E-state index contributed by atoms with van der Waals surface area (Å²) >= 11 is 0. The summed E-state index contributed by atoms with van der Waals surface area (Å²) in [5.41, 5.74) is 0.101. The van der Waals surface area contributed by atoms with E-state index in [0.29, 0.717) is 17.0 Å². The van der Waals surface area contributed by atoms with Crippen molar-refractivity contribution in [3.63, 3.8) is 0 Å². The Morgan fingerprint density at radius 3 is 2.52 bits per heavy atom. The van der Waals surface area contributed by atoms with Gasteiger partial charge in [0.1, 0.15) is 11.4 Å². The van der Waals surface area contributed by atoms with Crippen molar-refractivity contribution in [1.82, 2.24) is 10.6 Å². The van der Waals surface area contributed by atoms with Gasteiger partial charge in [-0.15, -0.1) is 0 Å². The first-order chi connectivity index (χ1) is 12.7. The van der Waals surface area contributed by atoms with E-state index in [1.807, 2.05) is 0 Å². The molecule has 0 radical (unpaired) electrons. The summed E-state index contributed by atoms with van der Waals surface area (Å²) in [6.45, 7) is 5.34. The molecule has 0 atom stereocenters. The van der Waals surface area contributed by atoms with E-state index in [9.17, 15) is 14.4 Å². The zero-order chi connectivity index (χ0) is 19.9. The highest BCUT2D eigenvalue weighted by Gasteiger charge is 2.16. The van der Waals surface area contributed by atoms with Gasteiger partial charge in [0.25, 0.3) is 5.91 Å². The summed E-state index contributed by atoms with van der Waals surface area (Å²) in [4.78, 5) is 35.8. The molecule has 0 bridgehead atoms. The van der Waals surface area contributed by atoms with Crippen LogP contribution in [0.1, 0.15) is 36.9 Å². The zero-order valence-corrected chi connectivity index (χ0v) is 15.5. The SMILES string of the molecule is CC(C)(C)OC(=O)Nc1cccc(C(=O)NCC(=O)NCc2ccco2)c1. The first kappa shape index (κ1) is 20.0. The molecule has 144 valence electrons. The smallest absolute Gasteiger partial charge is 0.412 e. The number of hydrogen-bond donors (Lipinski definition) is 3. The zero-order valence-electron chi connectivity index (χ0n) is 15.5. The lowest BCUT2D eigenvalue weighted by molar-refractivity contribution is -0.120. The van der Waals surface area contributed by atoms with E-state index in [-0.39, 0.29) is 19.0 Å². The second-order valence-corrected chi connectivity index (χ2v) is 6.75. The molecule has 2 rings (SSSR count). The molecule has 0 aliphatic heterocycles. The number of hydrogen-bond acceptors (Lipinski definition) is 5. The van der Waals surface area contributed by atoms with Gasteiger partial charge in [-0.25, -0.2) is 4.79 Å². The number of benzene rings is 1. The summed E-state index contributed by atoms with van der Waals surface area (Å²) < 4.78 is 10.3. The Morgan fingerprint density at radius 2 is 1.85 bits per heavy atom. The molecule has 0 aliphatic carbocycles. The Labute approximate surface area is 157 Å². The lowest BCUT2D eigenvalue weighted by atomic mass is 10.2. The number of amides is 3.